The highest BCUT2D eigenvalue weighted by Gasteiger charge is 2.08. The molecule has 2 N–H and O–H groups in total. The zero-order valence-corrected chi connectivity index (χ0v) is 14.5. The Morgan fingerprint density at radius 2 is 1.76 bits per heavy atom. The number of hydrogen-bond acceptors (Lipinski definition) is 3. The maximum Gasteiger partial charge on any atom is 0.217 e. The monoisotopic (exact) mass is 335 g/mol. The van der Waals surface area contributed by atoms with Gasteiger partial charge in [0.2, 0.25) is 5.91 Å². The van der Waals surface area contributed by atoms with E-state index in [0.29, 0.717) is 5.75 Å². The summed E-state index contributed by atoms with van der Waals surface area (Å²) in [6.45, 7) is 5.38. The van der Waals surface area contributed by atoms with Gasteiger partial charge in [0.15, 0.2) is 0 Å². The minimum atomic E-state index is -0.0411. The van der Waals surface area contributed by atoms with Crippen LogP contribution in [0, 0.1) is 6.92 Å². The van der Waals surface area contributed by atoms with Gasteiger partial charge in [-0.15, -0.1) is 0 Å². The summed E-state index contributed by atoms with van der Waals surface area (Å²) in [6, 6.07) is 17.0. The molecule has 0 aromatic heterocycles. The Bertz CT molecular complexity index is 934. The van der Waals surface area contributed by atoms with Gasteiger partial charge in [0.25, 0.3) is 0 Å². The number of nitrogens with one attached hydrogen (secondary N) is 1. The first-order valence-electron chi connectivity index (χ1n) is 8.20. The maximum atomic E-state index is 11.2. The van der Waals surface area contributed by atoms with Crippen LogP contribution in [0.1, 0.15) is 31.0 Å². The summed E-state index contributed by atoms with van der Waals surface area (Å²) in [5, 5.41) is 14.5. The van der Waals surface area contributed by atoms with Gasteiger partial charge in [0.05, 0.1) is 6.04 Å². The van der Waals surface area contributed by atoms with Gasteiger partial charge in [0, 0.05) is 6.92 Å². The lowest BCUT2D eigenvalue weighted by atomic mass is 10.0. The highest BCUT2D eigenvalue weighted by Crippen LogP contribution is 2.30. The third kappa shape index (κ3) is 3.91. The van der Waals surface area contributed by atoms with Gasteiger partial charge in [-0.3, -0.25) is 4.79 Å². The van der Waals surface area contributed by atoms with Crippen LogP contribution in [-0.4, -0.2) is 11.0 Å². The molecule has 0 heterocycles. The predicted octanol–water partition coefficient (Wildman–Crippen LogP) is 4.84. The van der Waals surface area contributed by atoms with E-state index in [1.165, 1.54) is 6.92 Å². The molecule has 128 valence electrons. The van der Waals surface area contributed by atoms with Gasteiger partial charge in [-0.2, -0.15) is 0 Å². The zero-order chi connectivity index (χ0) is 18.0. The van der Waals surface area contributed by atoms with Gasteiger partial charge >= 0.3 is 0 Å². The summed E-state index contributed by atoms with van der Waals surface area (Å²) in [6.07, 6.45) is 0. The second kappa shape index (κ2) is 6.85. The fourth-order valence-corrected chi connectivity index (χ4v) is 2.84. The fraction of sp³-hybridized carbons (Fsp3) is 0.190. The summed E-state index contributed by atoms with van der Waals surface area (Å²) < 4.78 is 5.93. The number of hydrogen-bond donors (Lipinski definition) is 2. The SMILES string of the molecule is CC(=O)NC(C)c1ccc2cc(Oc3ccc(O)cc3C)ccc2c1. The standard InChI is InChI=1S/C21H21NO3/c1-13-10-19(24)7-9-21(13)25-20-8-6-17-11-16(4-5-18(17)12-20)14(2)22-15(3)23/h4-12,14,24H,1-3H3,(H,22,23). The average Bonchev–Trinajstić information content (AvgIpc) is 2.56. The number of rotatable bonds is 4. The van der Waals surface area contributed by atoms with Gasteiger partial charge in [-0.1, -0.05) is 18.2 Å². The number of ether oxygens (including phenoxy) is 1. The lowest BCUT2D eigenvalue weighted by molar-refractivity contribution is -0.119. The zero-order valence-electron chi connectivity index (χ0n) is 14.5. The van der Waals surface area contributed by atoms with Crippen molar-refractivity contribution in [2.75, 3.05) is 0 Å². The Morgan fingerprint density at radius 1 is 1.04 bits per heavy atom. The average molecular weight is 335 g/mol. The number of phenols is 1. The molecule has 0 aliphatic rings. The molecule has 0 saturated carbocycles. The molecule has 1 amide bonds. The summed E-state index contributed by atoms with van der Waals surface area (Å²) in [5.74, 6) is 1.64. The second-order valence-corrected chi connectivity index (χ2v) is 6.24. The van der Waals surface area contributed by atoms with Crippen molar-refractivity contribution < 1.29 is 14.6 Å². The van der Waals surface area contributed by atoms with Gasteiger partial charge in [0.1, 0.15) is 17.2 Å². The molecule has 4 nitrogen and oxygen atoms in total. The topological polar surface area (TPSA) is 58.6 Å². The molecule has 0 bridgehead atoms. The molecule has 0 saturated heterocycles. The Morgan fingerprint density at radius 3 is 2.48 bits per heavy atom. The molecule has 0 radical (unpaired) electrons. The Labute approximate surface area is 147 Å². The fourth-order valence-electron chi connectivity index (χ4n) is 2.84. The van der Waals surface area contributed by atoms with Crippen molar-refractivity contribution in [1.29, 1.82) is 0 Å². The number of fused-ring (bicyclic) bond motifs is 1. The summed E-state index contributed by atoms with van der Waals surface area (Å²) in [4.78, 5) is 11.2. The van der Waals surface area contributed by atoms with Crippen LogP contribution in [-0.2, 0) is 4.79 Å². The van der Waals surface area contributed by atoms with Gasteiger partial charge in [-0.25, -0.2) is 0 Å². The van der Waals surface area contributed by atoms with E-state index in [0.717, 1.165) is 27.6 Å². The van der Waals surface area contributed by atoms with Crippen LogP contribution in [0.25, 0.3) is 10.8 Å². The van der Waals surface area contributed by atoms with E-state index in [2.05, 4.69) is 11.4 Å². The number of carbonyl (C=O) groups is 1. The van der Waals surface area contributed by atoms with Crippen molar-refractivity contribution in [3.8, 4) is 17.2 Å². The quantitative estimate of drug-likeness (QED) is 0.717. The van der Waals surface area contributed by atoms with Gasteiger partial charge in [-0.05, 0) is 72.1 Å². The molecule has 3 aromatic rings. The van der Waals surface area contributed by atoms with Crippen molar-refractivity contribution in [3.05, 3.63) is 65.7 Å². The van der Waals surface area contributed by atoms with E-state index in [1.807, 2.05) is 44.2 Å². The molecule has 0 spiro atoms. The molecule has 3 rings (SSSR count). The highest BCUT2D eigenvalue weighted by molar-refractivity contribution is 5.85. The van der Waals surface area contributed by atoms with Crippen LogP contribution < -0.4 is 10.1 Å². The van der Waals surface area contributed by atoms with Crippen molar-refractivity contribution in [1.82, 2.24) is 5.32 Å². The Kier molecular flexibility index (Phi) is 4.61. The molecule has 0 fully saturated rings. The van der Waals surface area contributed by atoms with Crippen molar-refractivity contribution in [3.63, 3.8) is 0 Å². The second-order valence-electron chi connectivity index (χ2n) is 6.24. The van der Waals surface area contributed by atoms with E-state index in [-0.39, 0.29) is 17.7 Å². The van der Waals surface area contributed by atoms with Crippen LogP contribution in [0.15, 0.2) is 54.6 Å². The van der Waals surface area contributed by atoms with Crippen LogP contribution in [0.3, 0.4) is 0 Å². The molecule has 1 atom stereocenters. The first kappa shape index (κ1) is 16.8. The molecular weight excluding hydrogens is 314 g/mol. The lowest BCUT2D eigenvalue weighted by Crippen LogP contribution is -2.23. The number of aryl methyl sites for hydroxylation is 1. The van der Waals surface area contributed by atoms with Gasteiger partial charge < -0.3 is 15.2 Å². The summed E-state index contributed by atoms with van der Waals surface area (Å²) in [7, 11) is 0. The van der Waals surface area contributed by atoms with Crippen LogP contribution >= 0.6 is 0 Å². The molecule has 0 aliphatic carbocycles. The van der Waals surface area contributed by atoms with E-state index >= 15 is 0 Å². The van der Waals surface area contributed by atoms with Crippen LogP contribution in [0.5, 0.6) is 17.2 Å². The number of amides is 1. The molecule has 3 aromatic carbocycles. The van der Waals surface area contributed by atoms with E-state index in [4.69, 9.17) is 4.74 Å². The maximum absolute atomic E-state index is 11.2. The number of carbonyl (C=O) groups excluding carboxylic acids is 1. The van der Waals surface area contributed by atoms with Crippen LogP contribution in [0.4, 0.5) is 0 Å². The first-order chi connectivity index (χ1) is 11.9. The lowest BCUT2D eigenvalue weighted by Gasteiger charge is -2.14. The smallest absolute Gasteiger partial charge is 0.217 e. The molecular formula is C21H21NO3. The van der Waals surface area contributed by atoms with E-state index in [9.17, 15) is 9.90 Å². The minimum absolute atomic E-state index is 0.0301. The van der Waals surface area contributed by atoms with E-state index < -0.39 is 0 Å². The highest BCUT2D eigenvalue weighted by atomic mass is 16.5. The third-order valence-corrected chi connectivity index (χ3v) is 4.14. The minimum Gasteiger partial charge on any atom is -0.508 e. The summed E-state index contributed by atoms with van der Waals surface area (Å²) in [5.41, 5.74) is 1.94. The molecule has 4 heteroatoms. The first-order valence-corrected chi connectivity index (χ1v) is 8.20. The van der Waals surface area contributed by atoms with Crippen molar-refractivity contribution >= 4 is 16.7 Å². The Balaban J connectivity index is 1.86. The van der Waals surface area contributed by atoms with Crippen molar-refractivity contribution in [2.24, 2.45) is 0 Å². The van der Waals surface area contributed by atoms with E-state index in [1.54, 1.807) is 18.2 Å². The number of aromatic hydroxyl groups is 1. The Hall–Kier alpha value is -3.01. The molecule has 25 heavy (non-hydrogen) atoms. The predicted molar refractivity (Wildman–Crippen MR) is 99.1 cm³/mol. The van der Waals surface area contributed by atoms with Crippen molar-refractivity contribution in [2.45, 2.75) is 26.8 Å². The summed E-state index contributed by atoms with van der Waals surface area (Å²) >= 11 is 0. The third-order valence-electron chi connectivity index (χ3n) is 4.14. The molecule has 0 aliphatic heterocycles. The largest absolute Gasteiger partial charge is 0.508 e. The number of benzene rings is 3. The normalized spacial score (nSPS) is 12.0. The van der Waals surface area contributed by atoms with Crippen LogP contribution in [0.2, 0.25) is 0 Å². The molecule has 1 unspecified atom stereocenters. The number of phenolic OH excluding ortho intramolecular Hbond substituents is 1.